The molecular weight excluding hydrogens is 393 g/mol. The van der Waals surface area contributed by atoms with Crippen molar-refractivity contribution >= 4 is 10.1 Å². The summed E-state index contributed by atoms with van der Waals surface area (Å²) in [7, 11) is -5.62. The highest BCUT2D eigenvalue weighted by molar-refractivity contribution is 7.87. The average molecular weight is 423 g/mol. The molecule has 3 aliphatic carbocycles. The van der Waals surface area contributed by atoms with Gasteiger partial charge in [0.1, 0.15) is 5.76 Å². The lowest BCUT2D eigenvalue weighted by Gasteiger charge is -2.58. The Kier molecular flexibility index (Phi) is 4.85. The van der Waals surface area contributed by atoms with Crippen LogP contribution >= 0.6 is 0 Å². The van der Waals surface area contributed by atoms with Crippen molar-refractivity contribution in [3.05, 3.63) is 11.8 Å². The van der Waals surface area contributed by atoms with Crippen molar-refractivity contribution in [1.29, 1.82) is 0 Å². The molecule has 2 saturated carbocycles. The maximum Gasteiger partial charge on any atom is 0.534 e. The number of alkyl halides is 3. The molecule has 8 heteroatoms. The van der Waals surface area contributed by atoms with E-state index in [0.717, 1.165) is 45.3 Å². The number of fused-ring (bicyclic) bond motifs is 5. The van der Waals surface area contributed by atoms with Crippen molar-refractivity contribution in [3.63, 3.8) is 0 Å². The molecule has 0 aromatic rings. The van der Waals surface area contributed by atoms with Gasteiger partial charge in [-0.1, -0.05) is 13.8 Å². The molecular formula is C20H29F3O4S. The first-order chi connectivity index (χ1) is 13.0. The molecule has 0 unspecified atom stereocenters. The van der Waals surface area contributed by atoms with E-state index >= 15 is 0 Å². The van der Waals surface area contributed by atoms with Crippen LogP contribution in [0.25, 0.3) is 0 Å². The summed E-state index contributed by atoms with van der Waals surface area (Å²) in [5, 5.41) is 0. The van der Waals surface area contributed by atoms with Gasteiger partial charge in [-0.25, -0.2) is 0 Å². The molecule has 4 aliphatic rings. The Hall–Kier alpha value is -0.760. The predicted molar refractivity (Wildman–Crippen MR) is 97.5 cm³/mol. The zero-order chi connectivity index (χ0) is 20.4. The van der Waals surface area contributed by atoms with Crippen LogP contribution in [0.1, 0.15) is 58.8 Å². The number of rotatable bonds is 2. The maximum atomic E-state index is 12.8. The third-order valence-corrected chi connectivity index (χ3v) is 9.35. The Morgan fingerprint density at radius 3 is 2.61 bits per heavy atom. The molecule has 1 saturated heterocycles. The van der Waals surface area contributed by atoms with Crippen molar-refractivity contribution in [1.82, 2.24) is 0 Å². The summed E-state index contributed by atoms with van der Waals surface area (Å²) in [5.41, 5.74) is -5.84. The molecule has 1 aliphatic heterocycles. The zero-order valence-corrected chi connectivity index (χ0v) is 17.2. The quantitative estimate of drug-likeness (QED) is 0.463. The molecule has 0 spiro atoms. The smallest absolute Gasteiger partial charge is 0.381 e. The molecule has 0 aromatic carbocycles. The lowest BCUT2D eigenvalue weighted by Crippen LogP contribution is -2.52. The second-order valence-corrected chi connectivity index (χ2v) is 11.1. The van der Waals surface area contributed by atoms with Gasteiger partial charge in [-0.05, 0) is 80.1 Å². The Bertz CT molecular complexity index is 762. The van der Waals surface area contributed by atoms with Gasteiger partial charge >= 0.3 is 15.6 Å². The van der Waals surface area contributed by atoms with E-state index in [-0.39, 0.29) is 17.1 Å². The third-order valence-electron chi connectivity index (χ3n) is 8.38. The summed E-state index contributed by atoms with van der Waals surface area (Å²) < 4.78 is 72.1. The molecule has 1 heterocycles. The summed E-state index contributed by atoms with van der Waals surface area (Å²) in [6.07, 6.45) is 8.04. The second kappa shape index (κ2) is 6.62. The fourth-order valence-corrected chi connectivity index (χ4v) is 7.39. The van der Waals surface area contributed by atoms with Crippen molar-refractivity contribution in [2.75, 3.05) is 13.2 Å². The molecule has 3 fully saturated rings. The highest BCUT2D eigenvalue weighted by atomic mass is 32.2. The van der Waals surface area contributed by atoms with E-state index in [0.29, 0.717) is 30.6 Å². The topological polar surface area (TPSA) is 52.6 Å². The predicted octanol–water partition coefficient (Wildman–Crippen LogP) is 5.02. The highest BCUT2D eigenvalue weighted by Gasteiger charge is 2.60. The van der Waals surface area contributed by atoms with Crippen molar-refractivity contribution in [2.45, 2.75) is 64.3 Å². The number of ether oxygens (including phenoxy) is 1. The number of hydrogen-bond acceptors (Lipinski definition) is 4. The Labute approximate surface area is 165 Å². The normalized spacial score (nSPS) is 44.0. The highest BCUT2D eigenvalue weighted by Crippen LogP contribution is 2.65. The summed E-state index contributed by atoms with van der Waals surface area (Å²) in [6.45, 7) is 5.88. The Balaban J connectivity index is 1.58. The van der Waals surface area contributed by atoms with Gasteiger partial charge in [0.25, 0.3) is 0 Å². The zero-order valence-electron chi connectivity index (χ0n) is 16.4. The largest absolute Gasteiger partial charge is 0.534 e. The molecule has 160 valence electrons. The van der Waals surface area contributed by atoms with Gasteiger partial charge in [0.2, 0.25) is 0 Å². The lowest BCUT2D eigenvalue weighted by molar-refractivity contribution is -0.0977. The maximum absolute atomic E-state index is 12.8. The summed E-state index contributed by atoms with van der Waals surface area (Å²) in [6, 6.07) is 0. The molecule has 0 N–H and O–H groups in total. The molecule has 0 radical (unpaired) electrons. The van der Waals surface area contributed by atoms with E-state index in [2.05, 4.69) is 11.1 Å². The van der Waals surface area contributed by atoms with E-state index < -0.39 is 21.0 Å². The van der Waals surface area contributed by atoms with Crippen LogP contribution in [-0.4, -0.2) is 27.1 Å². The summed E-state index contributed by atoms with van der Waals surface area (Å²) in [4.78, 5) is 0. The van der Waals surface area contributed by atoms with E-state index in [1.54, 1.807) is 6.08 Å². The first-order valence-electron chi connectivity index (χ1n) is 10.3. The van der Waals surface area contributed by atoms with Gasteiger partial charge in [0.15, 0.2) is 0 Å². The van der Waals surface area contributed by atoms with Crippen molar-refractivity contribution in [2.24, 2.45) is 34.5 Å². The second-order valence-electron chi connectivity index (χ2n) is 9.58. The van der Waals surface area contributed by atoms with Crippen LogP contribution in [0.4, 0.5) is 13.2 Å². The van der Waals surface area contributed by atoms with Crippen LogP contribution < -0.4 is 0 Å². The van der Waals surface area contributed by atoms with Gasteiger partial charge in [0.05, 0.1) is 0 Å². The minimum absolute atomic E-state index is 0.00440. The monoisotopic (exact) mass is 422 g/mol. The van der Waals surface area contributed by atoms with E-state index in [1.807, 2.05) is 6.92 Å². The molecule has 4 nitrogen and oxygen atoms in total. The van der Waals surface area contributed by atoms with Gasteiger partial charge in [0, 0.05) is 18.6 Å². The Morgan fingerprint density at radius 1 is 1.14 bits per heavy atom. The summed E-state index contributed by atoms with van der Waals surface area (Å²) >= 11 is 0. The lowest BCUT2D eigenvalue weighted by atomic mass is 9.47. The average Bonchev–Trinajstić information content (AvgIpc) is 2.79. The minimum Gasteiger partial charge on any atom is -0.381 e. The van der Waals surface area contributed by atoms with Crippen LogP contribution in [0.15, 0.2) is 11.8 Å². The van der Waals surface area contributed by atoms with Crippen LogP contribution in [0.5, 0.6) is 0 Å². The van der Waals surface area contributed by atoms with Gasteiger partial charge in [-0.2, -0.15) is 21.6 Å². The van der Waals surface area contributed by atoms with Crippen LogP contribution in [-0.2, 0) is 19.0 Å². The molecule has 0 amide bonds. The van der Waals surface area contributed by atoms with E-state index in [1.165, 1.54) is 0 Å². The van der Waals surface area contributed by atoms with Gasteiger partial charge in [-0.15, -0.1) is 0 Å². The van der Waals surface area contributed by atoms with Gasteiger partial charge in [-0.3, -0.25) is 0 Å². The third kappa shape index (κ3) is 3.01. The molecule has 6 atom stereocenters. The standard InChI is InChI=1S/C20H29F3O4S/c1-18-9-3-11-26-12-13(18)4-5-14-15-6-7-17(19(15,2)10-8-16(14)18)27-28(24,25)20(21,22)23/h7,13-16H,3-6,8-12H2,1-2H3/t13-,14-,15-,16-,18-,19-/m0/s1. The summed E-state index contributed by atoms with van der Waals surface area (Å²) in [5.74, 6) is 1.59. The molecule has 4 rings (SSSR count). The molecule has 28 heavy (non-hydrogen) atoms. The van der Waals surface area contributed by atoms with Gasteiger partial charge < -0.3 is 8.92 Å². The molecule has 0 bridgehead atoms. The fourth-order valence-electron chi connectivity index (χ4n) is 6.80. The number of hydrogen-bond donors (Lipinski definition) is 0. The van der Waals surface area contributed by atoms with Crippen LogP contribution in [0, 0.1) is 34.5 Å². The Morgan fingerprint density at radius 2 is 1.89 bits per heavy atom. The first-order valence-corrected chi connectivity index (χ1v) is 11.7. The van der Waals surface area contributed by atoms with Crippen LogP contribution in [0.2, 0.25) is 0 Å². The minimum atomic E-state index is -5.62. The molecule has 0 aromatic heterocycles. The van der Waals surface area contributed by atoms with Crippen molar-refractivity contribution < 1.29 is 30.5 Å². The fraction of sp³-hybridized carbons (Fsp3) is 0.900. The number of allylic oxidation sites excluding steroid dienone is 2. The van der Waals surface area contributed by atoms with E-state index in [4.69, 9.17) is 4.74 Å². The van der Waals surface area contributed by atoms with E-state index in [9.17, 15) is 21.6 Å². The SMILES string of the molecule is C[C@]12CCCOC[C@@H]1CC[C@@H]1[C@@H]2CC[C@]2(C)C(OS(=O)(=O)C(F)(F)F)=CC[C@@H]12. The first kappa shape index (κ1) is 20.5. The van der Waals surface area contributed by atoms with Crippen molar-refractivity contribution in [3.8, 4) is 0 Å². The van der Waals surface area contributed by atoms with Crippen LogP contribution in [0.3, 0.4) is 0 Å². The number of halogens is 3.